The first kappa shape index (κ1) is 15.9. The standard InChI is InChI=1S/C9H17N3.ClH.H2O/c1-6(2)10-5-9-7(3)11-12-8(9)4;;/h6,10H,5H2,1-4H3,(H,11,12);1H;1H2. The number of halogens is 1. The van der Waals surface area contributed by atoms with Crippen molar-refractivity contribution in [1.82, 2.24) is 10.2 Å². The summed E-state index contributed by atoms with van der Waals surface area (Å²) in [5.41, 5.74) is 3.68. The summed E-state index contributed by atoms with van der Waals surface area (Å²) in [5.74, 6) is 0. The minimum Gasteiger partial charge on any atom is -1.00 e. The number of aromatic nitrogens is 2. The fourth-order valence-electron chi connectivity index (χ4n) is 1.23. The third kappa shape index (κ3) is 4.09. The van der Waals surface area contributed by atoms with E-state index in [9.17, 15) is 0 Å². The molecule has 4 nitrogen and oxygen atoms in total. The first-order chi connectivity index (χ1) is 5.61. The van der Waals surface area contributed by atoms with Crippen molar-refractivity contribution in [2.75, 3.05) is 0 Å². The molecule has 5 heteroatoms. The third-order valence-electron chi connectivity index (χ3n) is 2.07. The van der Waals surface area contributed by atoms with Gasteiger partial charge in [0.15, 0.2) is 0 Å². The molecule has 14 heavy (non-hydrogen) atoms. The number of quaternary nitrogens is 1. The molecule has 1 aromatic rings. The summed E-state index contributed by atoms with van der Waals surface area (Å²) in [6.45, 7) is 9.55. The largest absolute Gasteiger partial charge is 1.00 e. The molecule has 1 aromatic heterocycles. The van der Waals surface area contributed by atoms with E-state index in [1.165, 1.54) is 11.3 Å². The monoisotopic (exact) mass is 221 g/mol. The Kier molecular flexibility index (Phi) is 7.72. The van der Waals surface area contributed by atoms with E-state index < -0.39 is 0 Å². The smallest absolute Gasteiger partial charge is 0.105 e. The van der Waals surface area contributed by atoms with Crippen molar-refractivity contribution in [1.29, 1.82) is 0 Å². The lowest BCUT2D eigenvalue weighted by Crippen LogP contribution is -3.00. The lowest BCUT2D eigenvalue weighted by atomic mass is 10.2. The van der Waals surface area contributed by atoms with E-state index in [1.807, 2.05) is 6.92 Å². The highest BCUT2D eigenvalue weighted by atomic mass is 35.5. The van der Waals surface area contributed by atoms with Crippen molar-refractivity contribution < 1.29 is 23.2 Å². The van der Waals surface area contributed by atoms with Gasteiger partial charge >= 0.3 is 0 Å². The van der Waals surface area contributed by atoms with Gasteiger partial charge < -0.3 is 23.2 Å². The molecule has 0 radical (unpaired) electrons. The molecule has 5 N–H and O–H groups in total. The Hall–Kier alpha value is -0.580. The summed E-state index contributed by atoms with van der Waals surface area (Å²) in [6.07, 6.45) is 0. The summed E-state index contributed by atoms with van der Waals surface area (Å²) in [4.78, 5) is 0. The summed E-state index contributed by atoms with van der Waals surface area (Å²) in [6, 6.07) is 0.652. The number of nitrogens with zero attached hydrogens (tertiary/aromatic N) is 1. The Balaban J connectivity index is 0. The molecule has 0 bridgehead atoms. The first-order valence-corrected chi connectivity index (χ1v) is 4.45. The van der Waals surface area contributed by atoms with Crippen molar-refractivity contribution in [2.24, 2.45) is 0 Å². The molecule has 0 aliphatic rings. The summed E-state index contributed by atoms with van der Waals surface area (Å²) in [5, 5.41) is 9.45. The molecule has 0 unspecified atom stereocenters. The fourth-order valence-corrected chi connectivity index (χ4v) is 1.23. The minimum atomic E-state index is 0. The maximum Gasteiger partial charge on any atom is 0.105 e. The van der Waals surface area contributed by atoms with Crippen LogP contribution >= 0.6 is 0 Å². The van der Waals surface area contributed by atoms with Crippen molar-refractivity contribution in [3.8, 4) is 0 Å². The highest BCUT2D eigenvalue weighted by Crippen LogP contribution is 2.06. The van der Waals surface area contributed by atoms with Gasteiger partial charge in [0, 0.05) is 11.3 Å². The van der Waals surface area contributed by atoms with Crippen LogP contribution in [0.15, 0.2) is 0 Å². The van der Waals surface area contributed by atoms with E-state index in [1.54, 1.807) is 0 Å². The van der Waals surface area contributed by atoms with Gasteiger partial charge in [-0.3, -0.25) is 5.10 Å². The Morgan fingerprint density at radius 2 is 1.93 bits per heavy atom. The predicted octanol–water partition coefficient (Wildman–Crippen LogP) is -3.32. The third-order valence-corrected chi connectivity index (χ3v) is 2.07. The molecule has 84 valence electrons. The van der Waals surface area contributed by atoms with Crippen LogP contribution in [-0.4, -0.2) is 21.7 Å². The van der Waals surface area contributed by atoms with E-state index in [4.69, 9.17) is 0 Å². The SMILES string of the molecule is Cc1n[nH]c(C)c1C[NH2+]C(C)C.O.[Cl-]. The van der Waals surface area contributed by atoms with E-state index in [0.29, 0.717) is 6.04 Å². The van der Waals surface area contributed by atoms with Gasteiger partial charge in [0.25, 0.3) is 0 Å². The van der Waals surface area contributed by atoms with Crippen LogP contribution in [0.1, 0.15) is 30.8 Å². The lowest BCUT2D eigenvalue weighted by molar-refractivity contribution is -0.698. The zero-order chi connectivity index (χ0) is 9.14. The first-order valence-electron chi connectivity index (χ1n) is 4.45. The summed E-state index contributed by atoms with van der Waals surface area (Å²) in [7, 11) is 0. The van der Waals surface area contributed by atoms with E-state index >= 15 is 0 Å². The van der Waals surface area contributed by atoms with Crippen molar-refractivity contribution in [3.63, 3.8) is 0 Å². The number of hydrogen-bond donors (Lipinski definition) is 2. The Bertz CT molecular complexity index is 241. The zero-order valence-corrected chi connectivity index (χ0v) is 9.94. The second kappa shape index (κ2) is 6.81. The predicted molar refractivity (Wildman–Crippen MR) is 52.4 cm³/mol. The van der Waals surface area contributed by atoms with Gasteiger partial charge in [-0.25, -0.2) is 0 Å². The maximum absolute atomic E-state index is 4.15. The molecular formula is C9H20ClN3O. The van der Waals surface area contributed by atoms with Crippen molar-refractivity contribution in [3.05, 3.63) is 17.0 Å². The molecular weight excluding hydrogens is 202 g/mol. The van der Waals surface area contributed by atoms with Crippen molar-refractivity contribution in [2.45, 2.75) is 40.3 Å². The molecule has 0 aliphatic heterocycles. The molecule has 0 saturated heterocycles. The molecule has 0 aliphatic carbocycles. The maximum atomic E-state index is 4.15. The Morgan fingerprint density at radius 3 is 2.29 bits per heavy atom. The van der Waals surface area contributed by atoms with Crippen LogP contribution in [0, 0.1) is 13.8 Å². The number of rotatable bonds is 3. The van der Waals surface area contributed by atoms with Crippen LogP contribution in [0.5, 0.6) is 0 Å². The molecule has 0 saturated carbocycles. The average molecular weight is 222 g/mol. The molecule has 0 spiro atoms. The van der Waals surface area contributed by atoms with Gasteiger partial charge in [-0.1, -0.05) is 0 Å². The molecule has 0 amide bonds. The highest BCUT2D eigenvalue weighted by Gasteiger charge is 2.08. The van der Waals surface area contributed by atoms with Crippen LogP contribution < -0.4 is 17.7 Å². The van der Waals surface area contributed by atoms with Gasteiger partial charge in [0.1, 0.15) is 6.54 Å². The Labute approximate surface area is 91.2 Å². The lowest BCUT2D eigenvalue weighted by Gasteiger charge is -2.04. The highest BCUT2D eigenvalue weighted by molar-refractivity contribution is 5.21. The molecule has 0 fully saturated rings. The van der Waals surface area contributed by atoms with Gasteiger partial charge in [-0.15, -0.1) is 0 Å². The quantitative estimate of drug-likeness (QED) is 0.551. The van der Waals surface area contributed by atoms with Gasteiger partial charge in [0.05, 0.1) is 11.7 Å². The number of hydrogen-bond acceptors (Lipinski definition) is 1. The zero-order valence-electron chi connectivity index (χ0n) is 9.19. The van der Waals surface area contributed by atoms with Crippen LogP contribution in [0.4, 0.5) is 0 Å². The average Bonchev–Trinajstić information content (AvgIpc) is 2.28. The second-order valence-electron chi connectivity index (χ2n) is 3.60. The fraction of sp³-hybridized carbons (Fsp3) is 0.667. The number of aromatic amines is 1. The van der Waals surface area contributed by atoms with Crippen LogP contribution in [0.3, 0.4) is 0 Å². The second-order valence-corrected chi connectivity index (χ2v) is 3.60. The molecule has 1 rings (SSSR count). The Morgan fingerprint density at radius 1 is 1.36 bits per heavy atom. The van der Waals surface area contributed by atoms with Crippen LogP contribution in [0.2, 0.25) is 0 Å². The van der Waals surface area contributed by atoms with Crippen molar-refractivity contribution >= 4 is 0 Å². The summed E-state index contributed by atoms with van der Waals surface area (Å²) >= 11 is 0. The van der Waals surface area contributed by atoms with Gasteiger partial charge in [0.2, 0.25) is 0 Å². The number of H-pyrrole nitrogens is 1. The van der Waals surface area contributed by atoms with E-state index in [0.717, 1.165) is 12.2 Å². The molecule has 1 heterocycles. The molecule has 0 atom stereocenters. The van der Waals surface area contributed by atoms with Gasteiger partial charge in [-0.05, 0) is 27.7 Å². The van der Waals surface area contributed by atoms with E-state index in [-0.39, 0.29) is 17.9 Å². The normalized spacial score (nSPS) is 9.50. The number of nitrogens with two attached hydrogens (primary N) is 1. The molecule has 0 aromatic carbocycles. The van der Waals surface area contributed by atoms with Gasteiger partial charge in [-0.2, -0.15) is 5.10 Å². The summed E-state index contributed by atoms with van der Waals surface area (Å²) < 4.78 is 0. The topological polar surface area (TPSA) is 76.8 Å². The number of nitrogens with one attached hydrogen (secondary N) is 1. The van der Waals surface area contributed by atoms with E-state index in [2.05, 4.69) is 36.3 Å². The number of aryl methyl sites for hydroxylation is 2. The van der Waals surface area contributed by atoms with Crippen LogP contribution in [-0.2, 0) is 6.54 Å². The van der Waals surface area contributed by atoms with Crippen LogP contribution in [0.25, 0.3) is 0 Å². The minimum absolute atomic E-state index is 0.